The molecule has 0 saturated heterocycles. The zero-order valence-corrected chi connectivity index (χ0v) is 11.8. The molecule has 0 aromatic rings. The van der Waals surface area contributed by atoms with Crippen LogP contribution in [0, 0.1) is 5.92 Å². The predicted octanol–water partition coefficient (Wildman–Crippen LogP) is 1.63. The summed E-state index contributed by atoms with van der Waals surface area (Å²) in [5, 5.41) is 0. The monoisotopic (exact) mass is 249 g/mol. The van der Waals surface area contributed by atoms with Crippen LogP contribution in [0.1, 0.15) is 41.0 Å². The Bertz CT molecular complexity index is 258. The molecular formula is C11H23NO3S. The second kappa shape index (κ2) is 6.35. The average Bonchev–Trinajstić information content (AvgIpc) is 2.14. The second-order valence-electron chi connectivity index (χ2n) is 5.13. The first-order valence-electron chi connectivity index (χ1n) is 5.43. The van der Waals surface area contributed by atoms with E-state index in [1.165, 1.54) is 7.11 Å². The highest BCUT2D eigenvalue weighted by atomic mass is 32.2. The zero-order valence-electron chi connectivity index (χ0n) is 11.0. The number of ether oxygens (including phenoxy) is 1. The Morgan fingerprint density at radius 2 is 1.88 bits per heavy atom. The van der Waals surface area contributed by atoms with Crippen LogP contribution in [0.2, 0.25) is 0 Å². The molecule has 0 rings (SSSR count). The molecule has 0 radical (unpaired) electrons. The molecule has 1 unspecified atom stereocenters. The van der Waals surface area contributed by atoms with Gasteiger partial charge in [0.1, 0.15) is 0 Å². The number of hydrogen-bond donors (Lipinski definition) is 1. The highest BCUT2D eigenvalue weighted by molar-refractivity contribution is 7.84. The minimum absolute atomic E-state index is 0.118. The largest absolute Gasteiger partial charge is 0.469 e. The molecule has 0 bridgehead atoms. The van der Waals surface area contributed by atoms with Crippen LogP contribution in [-0.2, 0) is 20.5 Å². The fourth-order valence-electron chi connectivity index (χ4n) is 0.991. The summed E-state index contributed by atoms with van der Waals surface area (Å²) in [6.07, 6.45) is 0.246. The summed E-state index contributed by atoms with van der Waals surface area (Å²) in [5.41, 5.74) is 0. The van der Waals surface area contributed by atoms with Crippen LogP contribution in [0.15, 0.2) is 0 Å². The Hall–Kier alpha value is -0.420. The molecule has 16 heavy (non-hydrogen) atoms. The van der Waals surface area contributed by atoms with E-state index in [0.717, 1.165) is 0 Å². The number of rotatable bonds is 5. The van der Waals surface area contributed by atoms with Gasteiger partial charge in [-0.25, -0.2) is 8.93 Å². The maximum Gasteiger partial charge on any atom is 0.307 e. The number of carbonyl (C=O) groups is 1. The van der Waals surface area contributed by atoms with Gasteiger partial charge in [0.25, 0.3) is 0 Å². The first kappa shape index (κ1) is 15.6. The molecule has 0 amide bonds. The van der Waals surface area contributed by atoms with E-state index in [2.05, 4.69) is 9.46 Å². The normalized spacial score (nSPS) is 15.9. The van der Waals surface area contributed by atoms with E-state index in [4.69, 9.17) is 0 Å². The maximum absolute atomic E-state index is 11.9. The summed E-state index contributed by atoms with van der Waals surface area (Å²) >= 11 is 0. The quantitative estimate of drug-likeness (QED) is 0.753. The lowest BCUT2D eigenvalue weighted by Crippen LogP contribution is -2.43. The number of esters is 1. The van der Waals surface area contributed by atoms with Crippen LogP contribution in [0.25, 0.3) is 0 Å². The number of methoxy groups -OCH3 is 1. The van der Waals surface area contributed by atoms with Gasteiger partial charge in [-0.1, -0.05) is 13.8 Å². The van der Waals surface area contributed by atoms with Crippen molar-refractivity contribution in [1.29, 1.82) is 0 Å². The van der Waals surface area contributed by atoms with Gasteiger partial charge < -0.3 is 4.74 Å². The van der Waals surface area contributed by atoms with Gasteiger partial charge in [-0.05, 0) is 26.7 Å². The van der Waals surface area contributed by atoms with Crippen LogP contribution < -0.4 is 4.72 Å². The van der Waals surface area contributed by atoms with Crippen molar-refractivity contribution in [2.24, 2.45) is 5.92 Å². The Labute approximate surface area is 101 Å². The third-order valence-electron chi connectivity index (χ3n) is 2.23. The van der Waals surface area contributed by atoms with Crippen molar-refractivity contribution in [2.45, 2.75) is 51.8 Å². The highest BCUT2D eigenvalue weighted by Crippen LogP contribution is 2.14. The first-order chi connectivity index (χ1) is 7.18. The topological polar surface area (TPSA) is 55.4 Å². The van der Waals surface area contributed by atoms with Gasteiger partial charge in [-0.2, -0.15) is 0 Å². The Morgan fingerprint density at radius 1 is 1.38 bits per heavy atom. The van der Waals surface area contributed by atoms with E-state index >= 15 is 0 Å². The molecule has 0 aromatic heterocycles. The molecule has 0 saturated carbocycles. The Morgan fingerprint density at radius 3 is 2.19 bits per heavy atom. The molecule has 0 aromatic carbocycles. The van der Waals surface area contributed by atoms with Gasteiger partial charge in [-0.15, -0.1) is 0 Å². The van der Waals surface area contributed by atoms with Crippen molar-refractivity contribution in [1.82, 2.24) is 4.72 Å². The average molecular weight is 249 g/mol. The van der Waals surface area contributed by atoms with Crippen molar-refractivity contribution in [3.05, 3.63) is 0 Å². The van der Waals surface area contributed by atoms with E-state index in [9.17, 15) is 9.00 Å². The van der Waals surface area contributed by atoms with Crippen molar-refractivity contribution in [3.63, 3.8) is 0 Å². The summed E-state index contributed by atoms with van der Waals surface area (Å²) in [5.74, 6) is -0.0532. The molecular weight excluding hydrogens is 226 g/mol. The van der Waals surface area contributed by atoms with Crippen molar-refractivity contribution in [3.8, 4) is 0 Å². The summed E-state index contributed by atoms with van der Waals surface area (Å²) < 4.78 is 19.2. The van der Waals surface area contributed by atoms with Crippen LogP contribution >= 0.6 is 0 Å². The molecule has 0 aliphatic heterocycles. The smallest absolute Gasteiger partial charge is 0.307 e. The van der Waals surface area contributed by atoms with E-state index < -0.39 is 11.0 Å². The highest BCUT2D eigenvalue weighted by Gasteiger charge is 2.25. The second-order valence-corrected chi connectivity index (χ2v) is 7.13. The van der Waals surface area contributed by atoms with Crippen molar-refractivity contribution in [2.75, 3.05) is 7.11 Å². The van der Waals surface area contributed by atoms with Crippen LogP contribution in [0.3, 0.4) is 0 Å². The third-order valence-corrected chi connectivity index (χ3v) is 3.86. The molecule has 96 valence electrons. The van der Waals surface area contributed by atoms with Gasteiger partial charge in [0.15, 0.2) is 0 Å². The van der Waals surface area contributed by atoms with Gasteiger partial charge in [0, 0.05) is 6.04 Å². The Kier molecular flexibility index (Phi) is 6.18. The standard InChI is InChI=1S/C11H23NO3S/c1-8(2)9(7-10(13)15-6)12-16(14)11(3,4)5/h8-9,12H,7H2,1-6H3/t9-,16?/m0/s1. The summed E-state index contributed by atoms with van der Waals surface area (Å²) in [7, 11) is 0.197. The molecule has 0 aliphatic carbocycles. The molecule has 1 N–H and O–H groups in total. The minimum Gasteiger partial charge on any atom is -0.469 e. The van der Waals surface area contributed by atoms with Crippen LogP contribution in [0.4, 0.5) is 0 Å². The van der Waals surface area contributed by atoms with E-state index in [-0.39, 0.29) is 29.1 Å². The summed E-state index contributed by atoms with van der Waals surface area (Å²) in [6.45, 7) is 9.66. The summed E-state index contributed by atoms with van der Waals surface area (Å²) in [4.78, 5) is 11.2. The number of nitrogens with one attached hydrogen (secondary N) is 1. The predicted molar refractivity (Wildman–Crippen MR) is 66.3 cm³/mol. The molecule has 0 heterocycles. The zero-order chi connectivity index (χ0) is 12.9. The molecule has 4 nitrogen and oxygen atoms in total. The Balaban J connectivity index is 4.47. The van der Waals surface area contributed by atoms with Gasteiger partial charge in [-0.3, -0.25) is 4.79 Å². The molecule has 0 fully saturated rings. The summed E-state index contributed by atoms with van der Waals surface area (Å²) in [6, 6.07) is -0.118. The van der Waals surface area contributed by atoms with Crippen molar-refractivity contribution >= 4 is 17.0 Å². The van der Waals surface area contributed by atoms with Gasteiger partial charge in [0.2, 0.25) is 0 Å². The SMILES string of the molecule is COC(=O)C[C@H](NS(=O)C(C)(C)C)C(C)C. The first-order valence-corrected chi connectivity index (χ1v) is 6.58. The number of hydrogen-bond acceptors (Lipinski definition) is 3. The minimum atomic E-state index is -1.16. The fraction of sp³-hybridized carbons (Fsp3) is 0.909. The lowest BCUT2D eigenvalue weighted by Gasteiger charge is -2.25. The van der Waals surface area contributed by atoms with Crippen LogP contribution in [0.5, 0.6) is 0 Å². The molecule has 5 heteroatoms. The lowest BCUT2D eigenvalue weighted by molar-refractivity contribution is -0.141. The third kappa shape index (κ3) is 5.61. The maximum atomic E-state index is 11.9. The number of carbonyl (C=O) groups excluding carboxylic acids is 1. The lowest BCUT2D eigenvalue weighted by atomic mass is 10.0. The van der Waals surface area contributed by atoms with E-state index in [1.807, 2.05) is 34.6 Å². The van der Waals surface area contributed by atoms with Gasteiger partial charge >= 0.3 is 5.97 Å². The molecule has 2 atom stereocenters. The van der Waals surface area contributed by atoms with Crippen LogP contribution in [-0.4, -0.2) is 28.1 Å². The van der Waals surface area contributed by atoms with Crippen molar-refractivity contribution < 1.29 is 13.7 Å². The fourth-order valence-corrected chi connectivity index (χ4v) is 1.97. The van der Waals surface area contributed by atoms with E-state index in [0.29, 0.717) is 0 Å². The molecule has 0 aliphatic rings. The molecule has 0 spiro atoms. The van der Waals surface area contributed by atoms with Gasteiger partial charge in [0.05, 0.1) is 29.3 Å². The van der Waals surface area contributed by atoms with E-state index in [1.54, 1.807) is 0 Å².